The number of carbonyl (C=O) groups is 2. The van der Waals surface area contributed by atoms with Gasteiger partial charge in [0.15, 0.2) is 5.75 Å². The van der Waals surface area contributed by atoms with Gasteiger partial charge in [-0.25, -0.2) is 4.98 Å². The molecule has 3 aromatic rings. The van der Waals surface area contributed by atoms with E-state index in [1.54, 1.807) is 31.2 Å². The molecule has 2 aromatic carbocycles. The van der Waals surface area contributed by atoms with Crippen LogP contribution in [0.15, 0.2) is 67.4 Å². The zero-order valence-electron chi connectivity index (χ0n) is 21.1. The molecule has 1 fully saturated rings. The Labute approximate surface area is 215 Å². The molecular formula is C27H30N6O4. The Balaban J connectivity index is 1.45. The van der Waals surface area contributed by atoms with Crippen molar-refractivity contribution >= 4 is 34.8 Å². The molecule has 0 unspecified atom stereocenters. The van der Waals surface area contributed by atoms with Gasteiger partial charge in [-0.15, -0.1) is 0 Å². The number of anilines is 4. The predicted octanol–water partition coefficient (Wildman–Crippen LogP) is 4.20. The fourth-order valence-electron chi connectivity index (χ4n) is 4.03. The maximum atomic E-state index is 11.7. The van der Waals surface area contributed by atoms with Crippen molar-refractivity contribution in [2.75, 3.05) is 42.8 Å². The summed E-state index contributed by atoms with van der Waals surface area (Å²) in [4.78, 5) is 36.1. The lowest BCUT2D eigenvalue weighted by molar-refractivity contribution is -0.127. The number of hydrogen-bond donors (Lipinski definition) is 2. The van der Waals surface area contributed by atoms with Crippen molar-refractivity contribution in [3.8, 4) is 17.4 Å². The molecule has 4 rings (SSSR count). The van der Waals surface area contributed by atoms with E-state index in [0.29, 0.717) is 23.1 Å². The van der Waals surface area contributed by atoms with Crippen molar-refractivity contribution in [3.63, 3.8) is 0 Å². The number of amides is 2. The number of methoxy groups -OCH3 is 1. The average molecular weight is 503 g/mol. The van der Waals surface area contributed by atoms with Gasteiger partial charge in [-0.1, -0.05) is 12.6 Å². The van der Waals surface area contributed by atoms with Crippen molar-refractivity contribution in [1.82, 2.24) is 14.9 Å². The van der Waals surface area contributed by atoms with Crippen LogP contribution < -0.4 is 25.0 Å². The van der Waals surface area contributed by atoms with Crippen molar-refractivity contribution in [2.24, 2.45) is 0 Å². The monoisotopic (exact) mass is 502 g/mol. The summed E-state index contributed by atoms with van der Waals surface area (Å²) in [5.41, 5.74) is 2.42. The van der Waals surface area contributed by atoms with Gasteiger partial charge in [0.05, 0.1) is 13.3 Å². The highest BCUT2D eigenvalue weighted by Gasteiger charge is 2.27. The number of ether oxygens (including phenoxy) is 2. The first-order chi connectivity index (χ1) is 17.9. The summed E-state index contributed by atoms with van der Waals surface area (Å²) < 4.78 is 11.3. The molecule has 1 aliphatic heterocycles. The molecule has 2 amide bonds. The number of nitrogens with zero attached hydrogens (tertiary/aromatic N) is 4. The Morgan fingerprint density at radius 2 is 1.97 bits per heavy atom. The minimum atomic E-state index is -0.318. The van der Waals surface area contributed by atoms with E-state index in [2.05, 4.69) is 32.1 Å². The zero-order valence-corrected chi connectivity index (χ0v) is 21.1. The normalized spacial score (nSPS) is 14.6. The molecule has 1 aromatic heterocycles. The number of nitrogens with one attached hydrogen (secondary N) is 2. The van der Waals surface area contributed by atoms with Gasteiger partial charge in [-0.3, -0.25) is 9.59 Å². The van der Waals surface area contributed by atoms with Crippen LogP contribution in [-0.2, 0) is 9.59 Å². The Hall–Kier alpha value is -4.60. The van der Waals surface area contributed by atoms with Crippen LogP contribution in [0.25, 0.3) is 0 Å². The van der Waals surface area contributed by atoms with Crippen LogP contribution in [0.4, 0.5) is 23.0 Å². The molecule has 1 saturated heterocycles. The highest BCUT2D eigenvalue weighted by atomic mass is 16.5. The smallest absolute Gasteiger partial charge is 0.267 e. The molecular weight excluding hydrogens is 472 g/mol. The average Bonchev–Trinajstić information content (AvgIpc) is 3.40. The van der Waals surface area contributed by atoms with E-state index in [4.69, 9.17) is 9.47 Å². The van der Waals surface area contributed by atoms with E-state index < -0.39 is 0 Å². The number of benzene rings is 2. The molecule has 0 spiro atoms. The first-order valence-electron chi connectivity index (χ1n) is 11.8. The summed E-state index contributed by atoms with van der Waals surface area (Å²) in [6.07, 6.45) is 3.67. The molecule has 2 heterocycles. The van der Waals surface area contributed by atoms with E-state index in [1.807, 2.05) is 36.2 Å². The van der Waals surface area contributed by atoms with Crippen LogP contribution in [-0.4, -0.2) is 60.0 Å². The van der Waals surface area contributed by atoms with Gasteiger partial charge in [0.1, 0.15) is 5.75 Å². The van der Waals surface area contributed by atoms with Gasteiger partial charge in [0.2, 0.25) is 17.8 Å². The minimum Gasteiger partial charge on any atom is -0.490 e. The SMILES string of the molecule is C=CC(=O)Nc1cccc(Oc2nc(Nc3ccc(N(C)[C@@H]4CCN(C(C)=O)C4)cc3)ncc2OC)c1. The first kappa shape index (κ1) is 25.5. The van der Waals surface area contributed by atoms with Crippen molar-refractivity contribution in [3.05, 3.63) is 67.4 Å². The molecule has 37 heavy (non-hydrogen) atoms. The summed E-state index contributed by atoms with van der Waals surface area (Å²) in [6.45, 7) is 6.59. The molecule has 192 valence electrons. The highest BCUT2D eigenvalue weighted by Crippen LogP contribution is 2.32. The first-order valence-corrected chi connectivity index (χ1v) is 11.8. The molecule has 1 atom stereocenters. The maximum Gasteiger partial charge on any atom is 0.267 e. The lowest BCUT2D eigenvalue weighted by Crippen LogP contribution is -2.35. The summed E-state index contributed by atoms with van der Waals surface area (Å²) in [5, 5.41) is 5.88. The van der Waals surface area contributed by atoms with Crippen LogP contribution in [0.2, 0.25) is 0 Å². The Morgan fingerprint density at radius 1 is 1.19 bits per heavy atom. The molecule has 1 aliphatic rings. The van der Waals surface area contributed by atoms with Crippen LogP contribution >= 0.6 is 0 Å². The van der Waals surface area contributed by atoms with Crippen molar-refractivity contribution in [1.29, 1.82) is 0 Å². The third-order valence-electron chi connectivity index (χ3n) is 6.13. The van der Waals surface area contributed by atoms with E-state index in [0.717, 1.165) is 30.9 Å². The fourth-order valence-corrected chi connectivity index (χ4v) is 4.03. The van der Waals surface area contributed by atoms with Gasteiger partial charge >= 0.3 is 0 Å². The summed E-state index contributed by atoms with van der Waals surface area (Å²) >= 11 is 0. The number of likely N-dealkylation sites (N-methyl/N-ethyl adjacent to an activating group) is 1. The zero-order chi connectivity index (χ0) is 26.4. The van der Waals surface area contributed by atoms with Gasteiger partial charge in [-0.05, 0) is 48.9 Å². The second kappa shape index (κ2) is 11.4. The van der Waals surface area contributed by atoms with E-state index in [-0.39, 0.29) is 23.7 Å². The number of carbonyl (C=O) groups excluding carboxylic acids is 2. The molecule has 0 saturated carbocycles. The summed E-state index contributed by atoms with van der Waals surface area (Å²) in [5.74, 6) is 1.18. The molecule has 0 aliphatic carbocycles. The van der Waals surface area contributed by atoms with Crippen molar-refractivity contribution in [2.45, 2.75) is 19.4 Å². The maximum absolute atomic E-state index is 11.7. The van der Waals surface area contributed by atoms with Crippen LogP contribution in [0.3, 0.4) is 0 Å². The predicted molar refractivity (Wildman–Crippen MR) is 143 cm³/mol. The highest BCUT2D eigenvalue weighted by molar-refractivity contribution is 5.98. The number of rotatable bonds is 9. The van der Waals surface area contributed by atoms with E-state index in [1.165, 1.54) is 19.4 Å². The molecule has 10 nitrogen and oxygen atoms in total. The Bertz CT molecular complexity index is 1280. The summed E-state index contributed by atoms with van der Waals surface area (Å²) in [7, 11) is 3.55. The number of likely N-dealkylation sites (tertiary alicyclic amines) is 1. The van der Waals surface area contributed by atoms with Gasteiger partial charge in [0, 0.05) is 56.2 Å². The van der Waals surface area contributed by atoms with Crippen LogP contribution in [0, 0.1) is 0 Å². The lowest BCUT2D eigenvalue weighted by atomic mass is 10.2. The second-order valence-electron chi connectivity index (χ2n) is 8.58. The van der Waals surface area contributed by atoms with Gasteiger partial charge in [0.25, 0.3) is 5.88 Å². The molecule has 10 heteroatoms. The Morgan fingerprint density at radius 3 is 2.65 bits per heavy atom. The number of hydrogen-bond acceptors (Lipinski definition) is 8. The molecule has 0 radical (unpaired) electrons. The van der Waals surface area contributed by atoms with Gasteiger partial charge in [-0.2, -0.15) is 4.98 Å². The van der Waals surface area contributed by atoms with Crippen molar-refractivity contribution < 1.29 is 19.1 Å². The largest absolute Gasteiger partial charge is 0.490 e. The van der Waals surface area contributed by atoms with Crippen LogP contribution in [0.5, 0.6) is 17.4 Å². The van der Waals surface area contributed by atoms with E-state index in [9.17, 15) is 9.59 Å². The minimum absolute atomic E-state index is 0.116. The van der Waals surface area contributed by atoms with Crippen LogP contribution in [0.1, 0.15) is 13.3 Å². The summed E-state index contributed by atoms with van der Waals surface area (Å²) in [6, 6.07) is 15.1. The number of aromatic nitrogens is 2. The topological polar surface area (TPSA) is 109 Å². The third kappa shape index (κ3) is 6.35. The standard InChI is InChI=1S/C27H30N6O4/c1-5-25(35)29-20-7-6-8-23(15-20)37-26-24(36-4)16-28-27(31-26)30-19-9-11-21(12-10-19)32(3)22-13-14-33(17-22)18(2)34/h5-12,15-16,22H,1,13-14,17H2,2-4H3,(H,29,35)(H,28,30,31)/t22-/m1/s1. The van der Waals surface area contributed by atoms with Gasteiger partial charge < -0.3 is 29.9 Å². The Kier molecular flexibility index (Phi) is 7.87. The quantitative estimate of drug-likeness (QED) is 0.419. The third-order valence-corrected chi connectivity index (χ3v) is 6.13. The molecule has 0 bridgehead atoms. The fraction of sp³-hybridized carbons (Fsp3) is 0.259. The second-order valence-corrected chi connectivity index (χ2v) is 8.58. The molecule has 2 N–H and O–H groups in total. The van der Waals surface area contributed by atoms with E-state index >= 15 is 0 Å². The lowest BCUT2D eigenvalue weighted by Gasteiger charge is -2.27.